The standard InChI is InChI=1S/C24H21Cl2F2N3O3/c1-24(2,3)34-23(33)31-21-14-10-29-18(30-22(32)12-9-17(12)27)8-11(14)7-13(20(21)28)19-15(25)5-4-6-16(19)26/h4-8,10,12,17H,9H2,1-3H3,(H,31,33)(H,29,30,32). The molecule has 2 atom stereocenters. The van der Waals surface area contributed by atoms with E-state index in [-0.39, 0.29) is 44.5 Å². The number of carbonyl (C=O) groups excluding carboxylic acids is 2. The van der Waals surface area contributed by atoms with E-state index in [2.05, 4.69) is 15.6 Å². The number of nitrogens with one attached hydrogen (secondary N) is 2. The molecule has 2 aromatic carbocycles. The SMILES string of the molecule is CC(C)(C)OC(=O)Nc1c(F)c(-c2c(Cl)cccc2Cl)cc2cc(NC(=O)C3CC3F)ncc12. The quantitative estimate of drug-likeness (QED) is 0.398. The molecule has 1 aromatic heterocycles. The number of anilines is 2. The van der Waals surface area contributed by atoms with Gasteiger partial charge >= 0.3 is 6.09 Å². The third-order valence-corrected chi connectivity index (χ3v) is 5.75. The fourth-order valence-corrected chi connectivity index (χ4v) is 4.06. The van der Waals surface area contributed by atoms with E-state index in [1.165, 1.54) is 18.3 Å². The van der Waals surface area contributed by atoms with Gasteiger partial charge in [0.15, 0.2) is 5.82 Å². The Hall–Kier alpha value is -2.97. The summed E-state index contributed by atoms with van der Waals surface area (Å²) in [4.78, 5) is 28.7. The van der Waals surface area contributed by atoms with Gasteiger partial charge in [-0.1, -0.05) is 29.3 Å². The van der Waals surface area contributed by atoms with Crippen molar-refractivity contribution >= 4 is 57.5 Å². The lowest BCUT2D eigenvalue weighted by Gasteiger charge is -2.21. The number of carbonyl (C=O) groups is 2. The average molecular weight is 508 g/mol. The number of benzene rings is 2. The van der Waals surface area contributed by atoms with Crippen LogP contribution in [0.15, 0.2) is 36.5 Å². The normalized spacial score (nSPS) is 17.4. The van der Waals surface area contributed by atoms with Crippen LogP contribution in [0.1, 0.15) is 27.2 Å². The van der Waals surface area contributed by atoms with Gasteiger partial charge in [-0.2, -0.15) is 0 Å². The summed E-state index contributed by atoms with van der Waals surface area (Å²) in [5, 5.41) is 6.12. The molecule has 6 nitrogen and oxygen atoms in total. The molecule has 1 fully saturated rings. The molecule has 34 heavy (non-hydrogen) atoms. The van der Waals surface area contributed by atoms with Crippen LogP contribution in [0.3, 0.4) is 0 Å². The van der Waals surface area contributed by atoms with Crippen molar-refractivity contribution in [1.29, 1.82) is 0 Å². The average Bonchev–Trinajstić information content (AvgIpc) is 3.46. The van der Waals surface area contributed by atoms with Gasteiger partial charge in [-0.3, -0.25) is 10.1 Å². The summed E-state index contributed by atoms with van der Waals surface area (Å²) in [5.74, 6) is -1.82. The second kappa shape index (κ2) is 9.00. The van der Waals surface area contributed by atoms with E-state index >= 15 is 4.39 Å². The van der Waals surface area contributed by atoms with E-state index in [0.717, 1.165) is 0 Å². The number of ether oxygens (including phenoxy) is 1. The maximum Gasteiger partial charge on any atom is 0.412 e. The highest BCUT2D eigenvalue weighted by Crippen LogP contribution is 2.42. The van der Waals surface area contributed by atoms with E-state index in [9.17, 15) is 14.0 Å². The van der Waals surface area contributed by atoms with Gasteiger partial charge in [0.1, 0.15) is 17.6 Å². The monoisotopic (exact) mass is 507 g/mol. The molecule has 4 rings (SSSR count). The highest BCUT2D eigenvalue weighted by molar-refractivity contribution is 6.39. The maximum absolute atomic E-state index is 15.8. The highest BCUT2D eigenvalue weighted by Gasteiger charge is 2.43. The van der Waals surface area contributed by atoms with Crippen LogP contribution >= 0.6 is 23.2 Å². The lowest BCUT2D eigenvalue weighted by Crippen LogP contribution is -2.27. The minimum atomic E-state index is -1.16. The Morgan fingerprint density at radius 1 is 1.15 bits per heavy atom. The van der Waals surface area contributed by atoms with Crippen LogP contribution in [0, 0.1) is 11.7 Å². The predicted molar refractivity (Wildman–Crippen MR) is 129 cm³/mol. The molecule has 0 saturated heterocycles. The third kappa shape index (κ3) is 5.08. The van der Waals surface area contributed by atoms with Crippen LogP contribution in [0.5, 0.6) is 0 Å². The Morgan fingerprint density at radius 2 is 1.79 bits per heavy atom. The van der Waals surface area contributed by atoms with E-state index in [1.54, 1.807) is 39.0 Å². The van der Waals surface area contributed by atoms with Crippen molar-refractivity contribution in [2.24, 2.45) is 5.92 Å². The number of fused-ring (bicyclic) bond motifs is 1. The van der Waals surface area contributed by atoms with Gasteiger partial charge in [0.25, 0.3) is 0 Å². The molecule has 1 saturated carbocycles. The fourth-order valence-electron chi connectivity index (χ4n) is 3.46. The van der Waals surface area contributed by atoms with Crippen LogP contribution < -0.4 is 10.6 Å². The van der Waals surface area contributed by atoms with Gasteiger partial charge in [-0.25, -0.2) is 18.6 Å². The van der Waals surface area contributed by atoms with Crippen LogP contribution in [0.25, 0.3) is 21.9 Å². The van der Waals surface area contributed by atoms with E-state index < -0.39 is 35.5 Å². The number of alkyl halides is 1. The second-order valence-corrected chi connectivity index (χ2v) is 9.79. The molecule has 3 aromatic rings. The van der Waals surface area contributed by atoms with Crippen molar-refractivity contribution in [1.82, 2.24) is 4.98 Å². The maximum atomic E-state index is 15.8. The molecule has 2 unspecified atom stereocenters. The van der Waals surface area contributed by atoms with Gasteiger partial charge in [-0.05, 0) is 56.8 Å². The molecule has 1 aliphatic rings. The molecule has 0 spiro atoms. The number of pyridine rings is 1. The Balaban J connectivity index is 1.84. The lowest BCUT2D eigenvalue weighted by molar-refractivity contribution is -0.117. The first kappa shape index (κ1) is 24.2. The van der Waals surface area contributed by atoms with Crippen LogP contribution in [-0.4, -0.2) is 28.8 Å². The zero-order valence-electron chi connectivity index (χ0n) is 18.5. The molecule has 2 amide bonds. The molecule has 178 valence electrons. The number of hydrogen-bond donors (Lipinski definition) is 2. The minimum Gasteiger partial charge on any atom is -0.444 e. The lowest BCUT2D eigenvalue weighted by atomic mass is 9.99. The van der Waals surface area contributed by atoms with Gasteiger partial charge in [0.2, 0.25) is 5.91 Å². The third-order valence-electron chi connectivity index (χ3n) is 5.12. The zero-order valence-corrected chi connectivity index (χ0v) is 20.0. The first-order valence-corrected chi connectivity index (χ1v) is 11.2. The molecule has 1 aliphatic carbocycles. The van der Waals surface area contributed by atoms with Gasteiger partial charge in [0.05, 0.1) is 11.6 Å². The van der Waals surface area contributed by atoms with E-state index in [4.69, 9.17) is 27.9 Å². The summed E-state index contributed by atoms with van der Waals surface area (Å²) in [6.45, 7) is 5.04. The summed E-state index contributed by atoms with van der Waals surface area (Å²) in [7, 11) is 0. The summed E-state index contributed by atoms with van der Waals surface area (Å²) in [6, 6.07) is 7.74. The molecule has 0 radical (unpaired) electrons. The van der Waals surface area contributed by atoms with Gasteiger partial charge < -0.3 is 10.1 Å². The molecule has 10 heteroatoms. The zero-order chi connectivity index (χ0) is 24.8. The van der Waals surface area contributed by atoms with E-state index in [1.807, 2.05) is 0 Å². The second-order valence-electron chi connectivity index (χ2n) is 8.97. The van der Waals surface area contributed by atoms with Crippen molar-refractivity contribution in [2.75, 3.05) is 10.6 Å². The first-order valence-electron chi connectivity index (χ1n) is 10.5. The molecule has 0 bridgehead atoms. The number of nitrogens with zero attached hydrogens (tertiary/aromatic N) is 1. The van der Waals surface area contributed by atoms with Crippen molar-refractivity contribution in [3.8, 4) is 11.1 Å². The minimum absolute atomic E-state index is 0.0312. The summed E-state index contributed by atoms with van der Waals surface area (Å²) in [5.41, 5.74) is -0.733. The molecular weight excluding hydrogens is 487 g/mol. The number of amides is 2. The first-order chi connectivity index (χ1) is 15.9. The van der Waals surface area contributed by atoms with Crippen molar-refractivity contribution < 1.29 is 23.1 Å². The number of aromatic nitrogens is 1. The Morgan fingerprint density at radius 3 is 2.38 bits per heavy atom. The molecular formula is C24H21Cl2F2N3O3. The van der Waals surface area contributed by atoms with Crippen LogP contribution in [0.4, 0.5) is 25.1 Å². The van der Waals surface area contributed by atoms with E-state index in [0.29, 0.717) is 5.39 Å². The number of rotatable bonds is 4. The smallest absolute Gasteiger partial charge is 0.412 e. The molecule has 2 N–H and O–H groups in total. The van der Waals surface area contributed by atoms with Gasteiger partial charge in [0, 0.05) is 32.8 Å². The van der Waals surface area contributed by atoms with Crippen LogP contribution in [-0.2, 0) is 9.53 Å². The predicted octanol–water partition coefficient (Wildman–Crippen LogP) is 6.99. The molecule has 1 heterocycles. The number of hydrogen-bond acceptors (Lipinski definition) is 4. The summed E-state index contributed by atoms with van der Waals surface area (Å²) in [6.07, 6.45) is -0.550. The van der Waals surface area contributed by atoms with Crippen molar-refractivity contribution in [3.63, 3.8) is 0 Å². The van der Waals surface area contributed by atoms with Gasteiger partial charge in [-0.15, -0.1) is 0 Å². The van der Waals surface area contributed by atoms with Crippen molar-refractivity contribution in [2.45, 2.75) is 39.0 Å². The molecule has 0 aliphatic heterocycles. The van der Waals surface area contributed by atoms with Crippen LogP contribution in [0.2, 0.25) is 10.0 Å². The number of halogens is 4. The highest BCUT2D eigenvalue weighted by atomic mass is 35.5. The Bertz CT molecular complexity index is 1290. The van der Waals surface area contributed by atoms with Crippen molar-refractivity contribution in [3.05, 3.63) is 52.4 Å². The fraction of sp³-hybridized carbons (Fsp3) is 0.292. The largest absolute Gasteiger partial charge is 0.444 e. The summed E-state index contributed by atoms with van der Waals surface area (Å²) >= 11 is 12.6. The topological polar surface area (TPSA) is 80.3 Å². The summed E-state index contributed by atoms with van der Waals surface area (Å²) < 4.78 is 34.3. The Labute approximate surface area is 204 Å². The Kier molecular flexibility index (Phi) is 6.40.